The van der Waals surface area contributed by atoms with E-state index in [9.17, 15) is 33.6 Å². The van der Waals surface area contributed by atoms with Crippen molar-refractivity contribution in [1.29, 1.82) is 0 Å². The SMILES string of the molecule is CC1(OC(=O)COC(=O)C2C3CCC(C3)C2OCOCC(COC(=O)C2C3CCC(C3)C2C(=O)OCC(=O)OC2(C)C3CC4CC(C3)CC2C4)(COC(=O)C2C3CCC(C3)C2C(=O)OCC(=O)OC2(C)C3CC4CC(C3)CC2C4)COC(=O)C2C3CCC(C3)C23C(=O)OC3C(=O)OC2(C)C3CC4CC(C3)CC2C4)C2CC3CC(C2)CC1C3. The first-order valence-electron chi connectivity index (χ1n) is 46.5. The molecule has 1 heterocycles. The molecule has 17 unspecified atom stereocenters. The zero-order chi connectivity index (χ0) is 80.3. The van der Waals surface area contributed by atoms with Crippen LogP contribution in [0.2, 0.25) is 0 Å². The van der Waals surface area contributed by atoms with Crippen LogP contribution in [0.3, 0.4) is 0 Å². The van der Waals surface area contributed by atoms with Crippen LogP contribution in [0.5, 0.6) is 0 Å². The van der Waals surface area contributed by atoms with Crippen molar-refractivity contribution < 1.29 is 114 Å². The molecule has 0 aromatic carbocycles. The van der Waals surface area contributed by atoms with Crippen molar-refractivity contribution in [3.05, 3.63) is 0 Å². The Kier molecular flexibility index (Phi) is 19.5. The molecule has 24 aliphatic carbocycles. The van der Waals surface area contributed by atoms with Gasteiger partial charge in [-0.1, -0.05) is 0 Å². The molecule has 0 aromatic heterocycles. The zero-order valence-electron chi connectivity index (χ0n) is 69.1. The minimum atomic E-state index is -1.83. The lowest BCUT2D eigenvalue weighted by Gasteiger charge is -2.59. The Morgan fingerprint density at radius 3 is 0.991 bits per heavy atom. The Labute approximate surface area is 685 Å². The minimum absolute atomic E-state index is 0.0681. The van der Waals surface area contributed by atoms with E-state index in [0.29, 0.717) is 112 Å². The van der Waals surface area contributed by atoms with Gasteiger partial charge in [0.15, 0.2) is 19.8 Å². The molecule has 1 aliphatic heterocycles. The van der Waals surface area contributed by atoms with Crippen LogP contribution in [0.15, 0.2) is 0 Å². The van der Waals surface area contributed by atoms with Crippen LogP contribution in [-0.4, -0.2) is 153 Å². The Morgan fingerprint density at radius 1 is 0.316 bits per heavy atom. The fourth-order valence-electron chi connectivity index (χ4n) is 33.3. The fraction of sp³-hybridized carbons (Fsp3) is 0.882. The molecule has 24 saturated carbocycles. The van der Waals surface area contributed by atoms with E-state index in [1.54, 1.807) is 0 Å². The van der Waals surface area contributed by atoms with Crippen molar-refractivity contribution in [1.82, 2.24) is 0 Å². The number of cyclic esters (lactones) is 1. The molecule has 0 aromatic rings. The molecule has 117 heavy (non-hydrogen) atoms. The molecule has 0 amide bonds. The van der Waals surface area contributed by atoms with Crippen molar-refractivity contribution in [2.75, 3.05) is 53.0 Å². The Hall–Kier alpha value is -5.91. The van der Waals surface area contributed by atoms with Crippen LogP contribution in [-0.2, 0) is 114 Å². The Bertz CT molecular complexity index is 3790. The van der Waals surface area contributed by atoms with Crippen LogP contribution in [0, 0.1) is 188 Å². The monoisotopic (exact) mass is 1620 g/mol. The van der Waals surface area contributed by atoms with Gasteiger partial charge in [0.1, 0.15) is 54.4 Å². The van der Waals surface area contributed by atoms with Crippen molar-refractivity contribution >= 4 is 65.7 Å². The summed E-state index contributed by atoms with van der Waals surface area (Å²) in [5.74, 6) is -8.57. The second-order valence-electron chi connectivity index (χ2n) is 44.1. The van der Waals surface area contributed by atoms with E-state index in [1.165, 1.54) is 25.7 Å². The van der Waals surface area contributed by atoms with Gasteiger partial charge in [-0.2, -0.15) is 0 Å². The fourth-order valence-corrected chi connectivity index (χ4v) is 33.3. The predicted octanol–water partition coefficient (Wildman–Crippen LogP) is 12.0. The summed E-state index contributed by atoms with van der Waals surface area (Å²) >= 11 is 0. The third-order valence-electron chi connectivity index (χ3n) is 38.3. The second kappa shape index (κ2) is 29.1. The predicted molar refractivity (Wildman–Crippen MR) is 407 cm³/mol. The third kappa shape index (κ3) is 13.0. The van der Waals surface area contributed by atoms with Crippen LogP contribution in [0.25, 0.3) is 0 Å². The lowest BCUT2D eigenvalue weighted by atomic mass is 9.50. The number of fused-ring (bicyclic) bond motifs is 9. The lowest BCUT2D eigenvalue weighted by Crippen LogP contribution is -2.69. The highest BCUT2D eigenvalue weighted by Crippen LogP contribution is 2.69. The van der Waals surface area contributed by atoms with E-state index in [0.717, 1.165) is 116 Å². The summed E-state index contributed by atoms with van der Waals surface area (Å²) < 4.78 is 82.2. The molecule has 1 saturated heterocycles. The number of rotatable bonds is 28. The summed E-state index contributed by atoms with van der Waals surface area (Å²) in [7, 11) is 0. The average Bonchev–Trinajstić information content (AvgIpc) is 1.56. The van der Waals surface area contributed by atoms with E-state index >= 15 is 19.2 Å². The first-order chi connectivity index (χ1) is 56.2. The van der Waals surface area contributed by atoms with E-state index in [4.69, 9.17) is 61.6 Å². The molecule has 25 fully saturated rings. The van der Waals surface area contributed by atoms with Gasteiger partial charge in [0.05, 0.1) is 53.6 Å². The quantitative estimate of drug-likeness (QED) is 0.0304. The van der Waals surface area contributed by atoms with Gasteiger partial charge in [-0.15, -0.1) is 0 Å². The standard InChI is InChI=1S/C93H124O24/c1-88(61-17-45-13-46(19-61)20-62(88)18-45)114-69(94)37-106-80(97)72-53-5-7-55(33-53)74(72)82(99)109-41-92(40-105-44-112-78-59-10-9-57(35-59)76(78)84(101)108-39-71(96)116-90(3)65-25-49-15-50(27-65)28-66(90)26-49,42-110-83(100)75-56-8-6-54(34-56)73(75)81(98)107-38-70(95)115-89(2)63-21-47-14-48(23-63)24-64(89)22-47)43-111-85(102)77-58-11-12-60(36-58)93(77)79(113-87(93)104)86(103)117-91(4)67-29-51-16-52(31-67)32-68(91)30-51/h45-68,72-79H,5-44H2,1-4H3. The molecule has 25 rings (SSSR count). The molecule has 0 radical (unpaired) electrons. The van der Waals surface area contributed by atoms with Gasteiger partial charge in [-0.3, -0.25) is 33.6 Å². The molecule has 24 nitrogen and oxygen atoms in total. The van der Waals surface area contributed by atoms with Crippen molar-refractivity contribution in [2.45, 2.75) is 268 Å². The summed E-state index contributed by atoms with van der Waals surface area (Å²) in [6.45, 7) is 3.47. The summed E-state index contributed by atoms with van der Waals surface area (Å²) in [5.41, 5.74) is -6.12. The van der Waals surface area contributed by atoms with Crippen molar-refractivity contribution in [2.24, 2.45) is 188 Å². The molecule has 640 valence electrons. The van der Waals surface area contributed by atoms with Gasteiger partial charge in [-0.25, -0.2) is 19.2 Å². The highest BCUT2D eigenvalue weighted by Gasteiger charge is 2.79. The number of hydrogen-bond donors (Lipinski definition) is 0. The number of hydrogen-bond acceptors (Lipinski definition) is 24. The van der Waals surface area contributed by atoms with E-state index in [-0.39, 0.29) is 88.8 Å². The van der Waals surface area contributed by atoms with E-state index in [2.05, 4.69) is 6.92 Å². The summed E-state index contributed by atoms with van der Waals surface area (Å²) in [6, 6.07) is 0. The third-order valence-corrected chi connectivity index (χ3v) is 38.3. The Morgan fingerprint density at radius 2 is 0.624 bits per heavy atom. The Balaban J connectivity index is 0.550. The zero-order valence-corrected chi connectivity index (χ0v) is 69.1. The smallest absolute Gasteiger partial charge is 0.349 e. The van der Waals surface area contributed by atoms with Crippen molar-refractivity contribution in [3.63, 3.8) is 0 Å². The molecule has 24 bridgehead atoms. The minimum Gasteiger partial charge on any atom is -0.464 e. The largest absolute Gasteiger partial charge is 0.464 e. The molecule has 17 atom stereocenters. The van der Waals surface area contributed by atoms with Gasteiger partial charge < -0.3 is 61.6 Å². The summed E-state index contributed by atoms with van der Waals surface area (Å²) in [5, 5.41) is 0. The molecule has 1 spiro atoms. The lowest BCUT2D eigenvalue weighted by molar-refractivity contribution is -0.251. The second-order valence-corrected chi connectivity index (χ2v) is 44.1. The number of carbonyl (C=O) groups is 11. The first-order valence-corrected chi connectivity index (χ1v) is 46.5. The topological polar surface area (TPSA) is 308 Å². The average molecular weight is 1630 g/mol. The first kappa shape index (κ1) is 78.3. The highest BCUT2D eigenvalue weighted by atomic mass is 16.7. The molecular weight excluding hydrogens is 1500 g/mol. The van der Waals surface area contributed by atoms with Gasteiger partial charge >= 0.3 is 65.7 Å². The van der Waals surface area contributed by atoms with Gasteiger partial charge in [0.25, 0.3) is 0 Å². The van der Waals surface area contributed by atoms with Gasteiger partial charge in [0, 0.05) is 0 Å². The van der Waals surface area contributed by atoms with Gasteiger partial charge in [0.2, 0.25) is 6.10 Å². The molecule has 0 N–H and O–H groups in total. The van der Waals surface area contributed by atoms with Crippen LogP contribution < -0.4 is 0 Å². The van der Waals surface area contributed by atoms with Crippen LogP contribution >= 0.6 is 0 Å². The molecular formula is C93H124O24. The van der Waals surface area contributed by atoms with Crippen molar-refractivity contribution in [3.8, 4) is 0 Å². The number of ether oxygens (including phenoxy) is 13. The van der Waals surface area contributed by atoms with Crippen LogP contribution in [0.1, 0.15) is 233 Å². The van der Waals surface area contributed by atoms with Gasteiger partial charge in [-0.05, 0) is 375 Å². The van der Waals surface area contributed by atoms with E-state index < -0.39 is 206 Å². The highest BCUT2D eigenvalue weighted by molar-refractivity contribution is 6.00. The summed E-state index contributed by atoms with van der Waals surface area (Å²) in [6.07, 6.45) is 26.2. The maximum absolute atomic E-state index is 15.8. The molecule has 25 aliphatic rings. The summed E-state index contributed by atoms with van der Waals surface area (Å²) in [4.78, 5) is 162. The maximum atomic E-state index is 15.8. The number of esters is 11. The normalized spacial score (nSPS) is 49.1. The van der Waals surface area contributed by atoms with E-state index in [1.807, 2.05) is 20.8 Å². The molecule has 24 heteroatoms. The van der Waals surface area contributed by atoms with Crippen LogP contribution in [0.4, 0.5) is 0 Å². The number of carbonyl (C=O) groups excluding carboxylic acids is 11. The maximum Gasteiger partial charge on any atom is 0.349 e.